The molecule has 3 atom stereocenters. The molecule has 3 aliphatic heterocycles. The van der Waals surface area contributed by atoms with E-state index in [1.54, 1.807) is 64.5 Å². The van der Waals surface area contributed by atoms with Crippen molar-refractivity contribution in [3.8, 4) is 5.75 Å². The number of carbonyl (C=O) groups excluding carboxylic acids is 3. The van der Waals surface area contributed by atoms with Crippen LogP contribution in [0.25, 0.3) is 5.57 Å². The average molecular weight is 718 g/mol. The number of carbonyl (C=O) groups is 3. The van der Waals surface area contributed by atoms with Crippen LogP contribution in [0.1, 0.15) is 72.4 Å². The average Bonchev–Trinajstić information content (AvgIpc) is 3.45. The Balaban J connectivity index is 1.43. The topological polar surface area (TPSA) is 111 Å². The highest BCUT2D eigenvalue weighted by molar-refractivity contribution is 6.37. The molecule has 4 heterocycles. The first-order chi connectivity index (χ1) is 22.9. The number of nitrogens with zero attached hydrogens (tertiary/aromatic N) is 4. The summed E-state index contributed by atoms with van der Waals surface area (Å²) in [4.78, 5) is 50.6. The minimum atomic E-state index is -0.819. The lowest BCUT2D eigenvalue weighted by Gasteiger charge is -2.50. The van der Waals surface area contributed by atoms with Crippen molar-refractivity contribution in [2.75, 3.05) is 37.7 Å². The van der Waals surface area contributed by atoms with Gasteiger partial charge in [-0.1, -0.05) is 23.2 Å². The van der Waals surface area contributed by atoms with Gasteiger partial charge in [0.2, 0.25) is 0 Å². The minimum Gasteiger partial charge on any atom is -0.485 e. The van der Waals surface area contributed by atoms with Crippen LogP contribution in [0.15, 0.2) is 36.0 Å². The van der Waals surface area contributed by atoms with Crippen LogP contribution in [0.3, 0.4) is 0 Å². The molecule has 1 aromatic carbocycles. The van der Waals surface area contributed by atoms with E-state index in [2.05, 4.69) is 4.90 Å². The summed E-state index contributed by atoms with van der Waals surface area (Å²) in [6, 6.07) is 6.21. The van der Waals surface area contributed by atoms with E-state index in [0.717, 1.165) is 35.5 Å². The molecule has 49 heavy (non-hydrogen) atoms. The van der Waals surface area contributed by atoms with Crippen LogP contribution in [0.4, 0.5) is 15.4 Å². The number of aromatic nitrogens is 1. The predicted octanol–water partition coefficient (Wildman–Crippen LogP) is 7.30. The van der Waals surface area contributed by atoms with Gasteiger partial charge in [-0.2, -0.15) is 0 Å². The Morgan fingerprint density at radius 3 is 2.18 bits per heavy atom. The van der Waals surface area contributed by atoms with E-state index in [1.165, 1.54) is 0 Å². The number of amides is 2. The number of halogens is 2. The summed E-state index contributed by atoms with van der Waals surface area (Å²) >= 11 is 12.8. The first kappa shape index (κ1) is 36.6. The number of hydrogen-bond acceptors (Lipinski definition) is 9. The highest BCUT2D eigenvalue weighted by Gasteiger charge is 2.49. The Kier molecular flexibility index (Phi) is 10.6. The summed E-state index contributed by atoms with van der Waals surface area (Å²) in [6.45, 7) is 16.1. The van der Waals surface area contributed by atoms with Crippen LogP contribution in [-0.4, -0.2) is 95.1 Å². The fraction of sp³-hybridized carbons (Fsp3) is 0.556. The zero-order valence-electron chi connectivity index (χ0n) is 29.5. The van der Waals surface area contributed by atoms with E-state index in [-0.39, 0.29) is 32.2 Å². The molecule has 5 rings (SSSR count). The van der Waals surface area contributed by atoms with Crippen molar-refractivity contribution in [2.24, 2.45) is 0 Å². The zero-order valence-corrected chi connectivity index (χ0v) is 31.0. The summed E-state index contributed by atoms with van der Waals surface area (Å²) < 4.78 is 23.2. The molecule has 13 heteroatoms. The van der Waals surface area contributed by atoms with E-state index >= 15 is 0 Å². The molecule has 0 unspecified atom stereocenters. The maximum Gasteiger partial charge on any atom is 0.411 e. The second kappa shape index (κ2) is 14.3. The first-order valence-corrected chi connectivity index (χ1v) is 17.4. The van der Waals surface area contributed by atoms with Crippen LogP contribution in [0.2, 0.25) is 10.0 Å². The van der Waals surface area contributed by atoms with Gasteiger partial charge in [0.05, 0.1) is 40.9 Å². The monoisotopic (exact) mass is 716 g/mol. The number of piperazine rings is 1. The second-order valence-electron chi connectivity index (χ2n) is 14.7. The van der Waals surface area contributed by atoms with Crippen molar-refractivity contribution in [1.82, 2.24) is 14.8 Å². The lowest BCUT2D eigenvalue weighted by Crippen LogP contribution is -2.65. The predicted molar refractivity (Wildman–Crippen MR) is 188 cm³/mol. The van der Waals surface area contributed by atoms with Crippen LogP contribution in [0.5, 0.6) is 5.75 Å². The Bertz CT molecular complexity index is 1590. The van der Waals surface area contributed by atoms with Gasteiger partial charge >= 0.3 is 18.2 Å². The number of ether oxygens (including phenoxy) is 4. The zero-order chi connectivity index (χ0) is 35.8. The van der Waals surface area contributed by atoms with Crippen LogP contribution in [0, 0.1) is 6.92 Å². The summed E-state index contributed by atoms with van der Waals surface area (Å²) in [5, 5.41) is 0.960. The number of aryl methyl sites for hydroxylation is 1. The molecular weight excluding hydrogens is 671 g/mol. The molecule has 2 fully saturated rings. The van der Waals surface area contributed by atoms with E-state index < -0.39 is 41.4 Å². The molecule has 2 amide bonds. The number of anilines is 1. The standard InChI is InChI=1S/C36H46Cl2N4O7/c1-9-46-32(43)30-25(16-23-18-41(33(44)48-35(3,4)5)20-28(30)42(23)34(45)49-36(6,7)8)22-10-11-29(39-17-22)40-13-12-24(19-40)47-31-26(37)14-21(2)15-27(31)38/h10-11,14-15,17,23-24,28H,9,12-13,16,18-20H2,1-8H3/t23-,24+,28-/m0/s1. The second-order valence-corrected chi connectivity index (χ2v) is 15.5. The Morgan fingerprint density at radius 2 is 1.59 bits per heavy atom. The third-order valence-electron chi connectivity index (χ3n) is 8.40. The number of fused-ring (bicyclic) bond motifs is 2. The molecule has 2 saturated heterocycles. The molecule has 1 aromatic heterocycles. The summed E-state index contributed by atoms with van der Waals surface area (Å²) in [7, 11) is 0. The number of esters is 1. The summed E-state index contributed by atoms with van der Waals surface area (Å²) in [5.74, 6) is 0.685. The molecule has 0 saturated carbocycles. The third-order valence-corrected chi connectivity index (χ3v) is 8.96. The van der Waals surface area contributed by atoms with Crippen molar-refractivity contribution in [2.45, 2.75) is 97.6 Å². The molecule has 2 aromatic rings. The molecule has 0 N–H and O–H groups in total. The normalized spacial score (nSPS) is 21.1. The van der Waals surface area contributed by atoms with Crippen LogP contribution < -0.4 is 9.64 Å². The van der Waals surface area contributed by atoms with Gasteiger partial charge in [-0.05, 0) is 103 Å². The van der Waals surface area contributed by atoms with Crippen LogP contribution in [-0.2, 0) is 19.0 Å². The molecule has 0 radical (unpaired) electrons. The summed E-state index contributed by atoms with van der Waals surface area (Å²) in [6.07, 6.45) is 1.60. The van der Waals surface area contributed by atoms with E-state index in [4.69, 9.17) is 47.1 Å². The van der Waals surface area contributed by atoms with Gasteiger partial charge in [0.25, 0.3) is 0 Å². The fourth-order valence-electron chi connectivity index (χ4n) is 6.47. The Labute approximate surface area is 298 Å². The van der Waals surface area contributed by atoms with Gasteiger partial charge in [0.15, 0.2) is 5.75 Å². The largest absolute Gasteiger partial charge is 0.485 e. The highest BCUT2D eigenvalue weighted by Crippen LogP contribution is 2.41. The SMILES string of the molecule is CCOC(=O)C1=C(c2ccc(N3CC[C@@H](Oc4c(Cl)cc(C)cc4Cl)C3)nc2)C[C@H]2CN(C(=O)OC(C)(C)C)C[C@@H]1N2C(=O)OC(C)(C)C. The van der Waals surface area contributed by atoms with Gasteiger partial charge in [-0.3, -0.25) is 4.90 Å². The quantitative estimate of drug-likeness (QED) is 0.225. The maximum absolute atomic E-state index is 13.7. The number of rotatable bonds is 6. The molecule has 266 valence electrons. The van der Waals surface area contributed by atoms with E-state index in [0.29, 0.717) is 27.9 Å². The third kappa shape index (κ3) is 8.55. The molecule has 3 aliphatic rings. The van der Waals surface area contributed by atoms with Gasteiger partial charge < -0.3 is 28.7 Å². The van der Waals surface area contributed by atoms with Crippen molar-refractivity contribution in [3.05, 3.63) is 57.2 Å². The number of pyridine rings is 1. The lowest BCUT2D eigenvalue weighted by molar-refractivity contribution is -0.140. The van der Waals surface area contributed by atoms with Gasteiger partial charge in [0.1, 0.15) is 23.1 Å². The first-order valence-electron chi connectivity index (χ1n) is 16.7. The van der Waals surface area contributed by atoms with Gasteiger partial charge in [-0.25, -0.2) is 19.4 Å². The van der Waals surface area contributed by atoms with Crippen molar-refractivity contribution in [1.29, 1.82) is 0 Å². The molecular formula is C36H46Cl2N4O7. The Morgan fingerprint density at radius 1 is 0.939 bits per heavy atom. The molecule has 0 aliphatic carbocycles. The lowest BCUT2D eigenvalue weighted by atomic mass is 9.82. The fourth-order valence-corrected chi connectivity index (χ4v) is 7.15. The number of hydrogen-bond donors (Lipinski definition) is 0. The van der Waals surface area contributed by atoms with Crippen LogP contribution >= 0.6 is 23.2 Å². The van der Waals surface area contributed by atoms with Crippen molar-refractivity contribution < 1.29 is 33.3 Å². The maximum atomic E-state index is 13.7. The smallest absolute Gasteiger partial charge is 0.411 e. The van der Waals surface area contributed by atoms with E-state index in [9.17, 15) is 14.4 Å². The Hall–Kier alpha value is -3.70. The van der Waals surface area contributed by atoms with Crippen molar-refractivity contribution >= 4 is 52.7 Å². The highest BCUT2D eigenvalue weighted by atomic mass is 35.5. The van der Waals surface area contributed by atoms with E-state index in [1.807, 2.05) is 31.2 Å². The summed E-state index contributed by atoms with van der Waals surface area (Å²) in [5.41, 5.74) is 1.25. The molecule has 11 nitrogen and oxygen atoms in total. The van der Waals surface area contributed by atoms with Gasteiger partial charge in [-0.15, -0.1) is 0 Å². The molecule has 2 bridgehead atoms. The van der Waals surface area contributed by atoms with Gasteiger partial charge in [0, 0.05) is 32.3 Å². The number of benzene rings is 1. The van der Waals surface area contributed by atoms with Crippen molar-refractivity contribution in [3.63, 3.8) is 0 Å². The minimum absolute atomic E-state index is 0.0397. The molecule has 0 spiro atoms.